The second-order valence-electron chi connectivity index (χ2n) is 12.9. The van der Waals surface area contributed by atoms with E-state index >= 15 is 0 Å². The molecule has 0 aliphatic carbocycles. The van der Waals surface area contributed by atoms with E-state index < -0.39 is 44.7 Å². The molecule has 0 aromatic carbocycles. The second-order valence-corrected chi connectivity index (χ2v) is 14.2. The van der Waals surface area contributed by atoms with Crippen LogP contribution in [-0.4, -0.2) is 63.5 Å². The molecular formula is C43H69O10P. The number of esters is 2. The average molecular weight is 777 g/mol. The van der Waals surface area contributed by atoms with Crippen molar-refractivity contribution in [2.45, 2.75) is 148 Å². The van der Waals surface area contributed by atoms with Gasteiger partial charge in [0.15, 0.2) is 6.10 Å². The minimum Gasteiger partial charge on any atom is -0.462 e. The van der Waals surface area contributed by atoms with Crippen molar-refractivity contribution in [3.05, 3.63) is 97.2 Å². The van der Waals surface area contributed by atoms with Crippen LogP contribution in [0.3, 0.4) is 0 Å². The summed E-state index contributed by atoms with van der Waals surface area (Å²) in [4.78, 5) is 42.7. The lowest BCUT2D eigenvalue weighted by Crippen LogP contribution is -2.29. The summed E-state index contributed by atoms with van der Waals surface area (Å²) in [6.07, 6.45) is 43.4. The Bertz CT molecular complexity index is 1220. The van der Waals surface area contributed by atoms with E-state index in [0.29, 0.717) is 32.1 Å². The number of hydrogen-bond donors (Lipinski definition) is 4. The maximum absolute atomic E-state index is 12.4. The number of aliphatic hydroxyl groups excluding tert-OH is 2. The van der Waals surface area contributed by atoms with E-state index in [1.54, 1.807) is 36.5 Å². The van der Waals surface area contributed by atoms with E-state index in [4.69, 9.17) is 19.3 Å². The zero-order chi connectivity index (χ0) is 40.0. The molecular weight excluding hydrogens is 707 g/mol. The lowest BCUT2D eigenvalue weighted by molar-refractivity contribution is -0.161. The molecule has 0 saturated heterocycles. The summed E-state index contributed by atoms with van der Waals surface area (Å²) in [6.45, 7) is 3.29. The Kier molecular flexibility index (Phi) is 34.7. The van der Waals surface area contributed by atoms with Gasteiger partial charge in [-0.3, -0.25) is 14.1 Å². The molecule has 54 heavy (non-hydrogen) atoms. The predicted molar refractivity (Wildman–Crippen MR) is 218 cm³/mol. The third kappa shape index (κ3) is 38.6. The van der Waals surface area contributed by atoms with Crippen LogP contribution in [0.25, 0.3) is 0 Å². The summed E-state index contributed by atoms with van der Waals surface area (Å²) in [5.74, 6) is -1.08. The van der Waals surface area contributed by atoms with Crippen molar-refractivity contribution >= 4 is 19.8 Å². The van der Waals surface area contributed by atoms with E-state index in [-0.39, 0.29) is 19.4 Å². The molecule has 3 atom stereocenters. The van der Waals surface area contributed by atoms with Crippen LogP contribution in [0.2, 0.25) is 0 Å². The number of rotatable bonds is 34. The lowest BCUT2D eigenvalue weighted by Gasteiger charge is -2.18. The van der Waals surface area contributed by atoms with Crippen LogP contribution >= 0.6 is 7.82 Å². The van der Waals surface area contributed by atoms with Crippen LogP contribution in [-0.2, 0) is 28.2 Å². The van der Waals surface area contributed by atoms with Crippen molar-refractivity contribution in [3.8, 4) is 0 Å². The number of unbranched alkanes of at least 4 members (excludes halogenated alkanes) is 8. The Morgan fingerprint density at radius 2 is 1.13 bits per heavy atom. The number of hydrogen-bond acceptors (Lipinski definition) is 8. The van der Waals surface area contributed by atoms with Crippen molar-refractivity contribution in [3.63, 3.8) is 0 Å². The fourth-order valence-corrected chi connectivity index (χ4v) is 5.14. The quantitative estimate of drug-likeness (QED) is 0.0163. The zero-order valence-electron chi connectivity index (χ0n) is 32.8. The summed E-state index contributed by atoms with van der Waals surface area (Å²) in [5.41, 5.74) is 0. The Labute approximate surface area is 325 Å². The summed E-state index contributed by atoms with van der Waals surface area (Å²) in [6, 6.07) is 0. The van der Waals surface area contributed by atoms with Gasteiger partial charge in [-0.05, 0) is 70.6 Å². The highest BCUT2D eigenvalue weighted by Crippen LogP contribution is 2.35. The van der Waals surface area contributed by atoms with E-state index in [0.717, 1.165) is 51.4 Å². The molecule has 0 heterocycles. The highest BCUT2D eigenvalue weighted by atomic mass is 31.2. The van der Waals surface area contributed by atoms with Crippen molar-refractivity contribution in [2.24, 2.45) is 0 Å². The zero-order valence-corrected chi connectivity index (χ0v) is 33.7. The fraction of sp³-hybridized carbons (Fsp3) is 0.581. The summed E-state index contributed by atoms with van der Waals surface area (Å²) in [5, 5.41) is 19.9. The molecule has 0 fully saturated rings. The molecule has 0 unspecified atom stereocenters. The maximum Gasteiger partial charge on any atom is 0.469 e. The molecule has 0 radical (unpaired) electrons. The molecule has 0 aliphatic heterocycles. The summed E-state index contributed by atoms with van der Waals surface area (Å²) in [7, 11) is -4.81. The van der Waals surface area contributed by atoms with Gasteiger partial charge in [-0.25, -0.2) is 4.57 Å². The van der Waals surface area contributed by atoms with E-state index in [1.807, 2.05) is 43.4 Å². The van der Waals surface area contributed by atoms with Crippen LogP contribution in [0.5, 0.6) is 0 Å². The molecule has 0 saturated carbocycles. The molecule has 0 rings (SSSR count). The first-order valence-corrected chi connectivity index (χ1v) is 21.3. The van der Waals surface area contributed by atoms with Gasteiger partial charge in [0.2, 0.25) is 0 Å². The van der Waals surface area contributed by atoms with Crippen LogP contribution < -0.4 is 0 Å². The number of aliphatic hydroxyl groups is 2. The SMILES string of the molecule is CC/C=C\C[C@H](O)/C=C/C=C\C=C\[C@H](O)C/C=C\C/C=C\CCC(=O)O[C@H](COC(=O)CCCCCCC/C=C\C/C=C\CCCCC)COP(=O)(O)O. The fourth-order valence-electron chi connectivity index (χ4n) is 4.78. The van der Waals surface area contributed by atoms with E-state index in [9.17, 15) is 24.4 Å². The number of ether oxygens (including phenoxy) is 2. The van der Waals surface area contributed by atoms with Crippen LogP contribution in [0.4, 0.5) is 0 Å². The van der Waals surface area contributed by atoms with Gasteiger partial charge in [-0.1, -0.05) is 143 Å². The van der Waals surface area contributed by atoms with E-state index in [1.165, 1.54) is 19.3 Å². The minimum absolute atomic E-state index is 0.0214. The number of carbonyl (C=O) groups excluding carboxylic acids is 2. The molecule has 0 spiro atoms. The molecule has 0 amide bonds. The lowest BCUT2D eigenvalue weighted by atomic mass is 10.1. The smallest absolute Gasteiger partial charge is 0.462 e. The second kappa shape index (κ2) is 36.8. The van der Waals surface area contributed by atoms with Gasteiger partial charge in [0.1, 0.15) is 6.61 Å². The number of carbonyl (C=O) groups is 2. The highest BCUT2D eigenvalue weighted by molar-refractivity contribution is 7.46. The Balaban J connectivity index is 4.26. The number of allylic oxidation sites excluding steroid dienone is 12. The molecule has 0 aromatic heterocycles. The Hall–Kier alpha value is -3.11. The molecule has 10 nitrogen and oxygen atoms in total. The third-order valence-corrected chi connectivity index (χ3v) is 8.25. The van der Waals surface area contributed by atoms with Gasteiger partial charge >= 0.3 is 19.8 Å². The van der Waals surface area contributed by atoms with Crippen molar-refractivity contribution in [1.29, 1.82) is 0 Å². The first-order valence-electron chi connectivity index (χ1n) is 19.7. The molecule has 4 N–H and O–H groups in total. The predicted octanol–water partition coefficient (Wildman–Crippen LogP) is 9.78. The Morgan fingerprint density at radius 1 is 0.593 bits per heavy atom. The largest absolute Gasteiger partial charge is 0.469 e. The molecule has 11 heteroatoms. The first-order chi connectivity index (χ1) is 26.1. The van der Waals surface area contributed by atoms with Gasteiger partial charge in [0.25, 0.3) is 0 Å². The van der Waals surface area contributed by atoms with Gasteiger partial charge in [-0.15, -0.1) is 0 Å². The van der Waals surface area contributed by atoms with Gasteiger partial charge in [0, 0.05) is 12.8 Å². The summed E-state index contributed by atoms with van der Waals surface area (Å²) >= 11 is 0. The maximum atomic E-state index is 12.4. The van der Waals surface area contributed by atoms with Crippen molar-refractivity contribution < 1.29 is 48.2 Å². The number of phosphoric acid groups is 1. The summed E-state index contributed by atoms with van der Waals surface area (Å²) < 4.78 is 26.2. The van der Waals surface area contributed by atoms with Crippen LogP contribution in [0.15, 0.2) is 97.2 Å². The molecule has 0 aromatic rings. The van der Waals surface area contributed by atoms with Crippen LogP contribution in [0, 0.1) is 0 Å². The van der Waals surface area contributed by atoms with E-state index in [2.05, 4.69) is 35.8 Å². The molecule has 306 valence electrons. The minimum atomic E-state index is -4.81. The standard InChI is InChI=1S/C43H69O10P/c1-3-5-7-8-9-10-11-12-13-14-15-16-17-21-29-35-42(46)51-37-41(38-52-54(48,49)50)53-43(47)36-30-22-19-18-20-26-32-40(45)34-28-24-23-27-33-39(44)31-25-6-4-2/h6,9-10,12-13,19-20,22-28,33-34,39-41,44-45H,3-5,7-8,11,14-18,21,29-32,35-38H2,1-2H3,(H2,48,49,50)/b10-9-,13-12-,22-19-,24-23-,25-6-,26-20-,33-27+,34-28+/t39-,40+,41+/m0/s1. The monoisotopic (exact) mass is 776 g/mol. The highest BCUT2D eigenvalue weighted by Gasteiger charge is 2.22. The topological polar surface area (TPSA) is 160 Å². The normalized spacial score (nSPS) is 14.7. The van der Waals surface area contributed by atoms with Crippen molar-refractivity contribution in [2.75, 3.05) is 13.2 Å². The van der Waals surface area contributed by atoms with Gasteiger partial charge < -0.3 is 29.5 Å². The molecule has 0 bridgehead atoms. The van der Waals surface area contributed by atoms with Gasteiger partial charge in [-0.2, -0.15) is 0 Å². The first kappa shape index (κ1) is 50.9. The van der Waals surface area contributed by atoms with Crippen LogP contribution in [0.1, 0.15) is 129 Å². The van der Waals surface area contributed by atoms with Gasteiger partial charge in [0.05, 0.1) is 18.8 Å². The Morgan fingerprint density at radius 3 is 1.72 bits per heavy atom. The average Bonchev–Trinajstić information content (AvgIpc) is 3.13. The molecule has 0 aliphatic rings. The van der Waals surface area contributed by atoms with Crippen molar-refractivity contribution in [1.82, 2.24) is 0 Å². The third-order valence-electron chi connectivity index (χ3n) is 7.77. The number of phosphoric ester groups is 1.